The van der Waals surface area contributed by atoms with Crippen molar-refractivity contribution in [1.82, 2.24) is 10.2 Å². The van der Waals surface area contributed by atoms with Crippen molar-refractivity contribution in [3.8, 4) is 0 Å². The van der Waals surface area contributed by atoms with Gasteiger partial charge in [-0.1, -0.05) is 13.8 Å². The van der Waals surface area contributed by atoms with Crippen molar-refractivity contribution in [2.24, 2.45) is 5.41 Å². The Balaban J connectivity index is 2.30. The Labute approximate surface area is 102 Å². The molecule has 0 amide bonds. The SMILES string of the molecule is CNCCCC(C)N1CCCC(C)(C)CC1. The van der Waals surface area contributed by atoms with Gasteiger partial charge >= 0.3 is 0 Å². The Bertz CT molecular complexity index is 189. The van der Waals surface area contributed by atoms with Gasteiger partial charge in [-0.15, -0.1) is 0 Å². The molecule has 96 valence electrons. The molecule has 0 saturated carbocycles. The first-order valence-electron chi connectivity index (χ1n) is 6.94. The summed E-state index contributed by atoms with van der Waals surface area (Å²) in [6.07, 6.45) is 6.78. The van der Waals surface area contributed by atoms with Crippen molar-refractivity contribution in [3.63, 3.8) is 0 Å². The molecule has 1 heterocycles. The molecular formula is C14H30N2. The first-order valence-corrected chi connectivity index (χ1v) is 6.94. The van der Waals surface area contributed by atoms with Gasteiger partial charge in [-0.3, -0.25) is 0 Å². The summed E-state index contributed by atoms with van der Waals surface area (Å²) in [7, 11) is 2.04. The molecule has 0 aromatic heterocycles. The van der Waals surface area contributed by atoms with E-state index in [0.29, 0.717) is 5.41 Å². The summed E-state index contributed by atoms with van der Waals surface area (Å²) in [4.78, 5) is 2.70. The molecule has 1 aliphatic heterocycles. The Hall–Kier alpha value is -0.0800. The smallest absolute Gasteiger partial charge is 0.00674 e. The van der Waals surface area contributed by atoms with E-state index in [9.17, 15) is 0 Å². The molecule has 1 atom stereocenters. The molecule has 1 unspecified atom stereocenters. The number of hydrogen-bond acceptors (Lipinski definition) is 2. The zero-order valence-corrected chi connectivity index (χ0v) is 11.7. The van der Waals surface area contributed by atoms with Crippen molar-refractivity contribution in [2.45, 2.75) is 58.9 Å². The largest absolute Gasteiger partial charge is 0.320 e. The molecule has 0 bridgehead atoms. The fourth-order valence-corrected chi connectivity index (χ4v) is 2.64. The van der Waals surface area contributed by atoms with E-state index >= 15 is 0 Å². The summed E-state index contributed by atoms with van der Waals surface area (Å²) >= 11 is 0. The van der Waals surface area contributed by atoms with E-state index < -0.39 is 0 Å². The van der Waals surface area contributed by atoms with Gasteiger partial charge in [0.2, 0.25) is 0 Å². The number of rotatable bonds is 5. The average Bonchev–Trinajstić information content (AvgIpc) is 2.39. The van der Waals surface area contributed by atoms with Gasteiger partial charge in [-0.2, -0.15) is 0 Å². The van der Waals surface area contributed by atoms with Gasteiger partial charge in [-0.05, 0) is 71.1 Å². The highest BCUT2D eigenvalue weighted by Gasteiger charge is 2.24. The molecular weight excluding hydrogens is 196 g/mol. The average molecular weight is 226 g/mol. The number of nitrogens with zero attached hydrogens (tertiary/aromatic N) is 1. The lowest BCUT2D eigenvalue weighted by Crippen LogP contribution is -2.34. The third kappa shape index (κ3) is 4.84. The summed E-state index contributed by atoms with van der Waals surface area (Å²) in [5, 5.41) is 3.23. The second-order valence-corrected chi connectivity index (χ2v) is 6.15. The zero-order valence-electron chi connectivity index (χ0n) is 11.7. The summed E-state index contributed by atoms with van der Waals surface area (Å²) in [5.41, 5.74) is 0.569. The van der Waals surface area contributed by atoms with E-state index in [4.69, 9.17) is 0 Å². The lowest BCUT2D eigenvalue weighted by atomic mass is 9.85. The van der Waals surface area contributed by atoms with Crippen LogP contribution < -0.4 is 5.32 Å². The highest BCUT2D eigenvalue weighted by Crippen LogP contribution is 2.30. The zero-order chi connectivity index (χ0) is 12.0. The van der Waals surface area contributed by atoms with Crippen LogP contribution in [0.4, 0.5) is 0 Å². The van der Waals surface area contributed by atoms with Gasteiger partial charge in [0.25, 0.3) is 0 Å². The fourth-order valence-electron chi connectivity index (χ4n) is 2.64. The monoisotopic (exact) mass is 226 g/mol. The quantitative estimate of drug-likeness (QED) is 0.725. The Kier molecular flexibility index (Phi) is 5.77. The van der Waals surface area contributed by atoms with Crippen molar-refractivity contribution >= 4 is 0 Å². The lowest BCUT2D eigenvalue weighted by molar-refractivity contribution is 0.196. The first-order chi connectivity index (χ1) is 7.55. The minimum absolute atomic E-state index is 0.569. The van der Waals surface area contributed by atoms with Gasteiger partial charge in [0, 0.05) is 6.04 Å². The molecule has 16 heavy (non-hydrogen) atoms. The Morgan fingerprint density at radius 3 is 2.69 bits per heavy atom. The van der Waals surface area contributed by atoms with Crippen LogP contribution >= 0.6 is 0 Å². The molecule has 0 spiro atoms. The number of nitrogens with one attached hydrogen (secondary N) is 1. The normalized spacial score (nSPS) is 24.0. The van der Waals surface area contributed by atoms with Crippen LogP contribution in [0.5, 0.6) is 0 Å². The van der Waals surface area contributed by atoms with E-state index in [-0.39, 0.29) is 0 Å². The maximum absolute atomic E-state index is 3.23. The van der Waals surface area contributed by atoms with Crippen molar-refractivity contribution in [2.75, 3.05) is 26.7 Å². The van der Waals surface area contributed by atoms with E-state index in [0.717, 1.165) is 12.6 Å². The van der Waals surface area contributed by atoms with E-state index in [1.807, 2.05) is 7.05 Å². The predicted octanol–water partition coefficient (Wildman–Crippen LogP) is 2.89. The predicted molar refractivity (Wildman–Crippen MR) is 71.8 cm³/mol. The van der Waals surface area contributed by atoms with Crippen LogP contribution in [-0.2, 0) is 0 Å². The molecule has 1 aliphatic rings. The van der Waals surface area contributed by atoms with Crippen LogP contribution in [-0.4, -0.2) is 37.6 Å². The van der Waals surface area contributed by atoms with Crippen LogP contribution in [0.2, 0.25) is 0 Å². The third-order valence-electron chi connectivity index (χ3n) is 4.05. The van der Waals surface area contributed by atoms with E-state index in [2.05, 4.69) is 31.0 Å². The summed E-state index contributed by atoms with van der Waals surface area (Å²) < 4.78 is 0. The molecule has 0 aromatic carbocycles. The van der Waals surface area contributed by atoms with Gasteiger partial charge in [0.15, 0.2) is 0 Å². The molecule has 0 radical (unpaired) electrons. The highest BCUT2D eigenvalue weighted by molar-refractivity contribution is 4.78. The van der Waals surface area contributed by atoms with E-state index in [1.165, 1.54) is 45.2 Å². The molecule has 1 N–H and O–H groups in total. The molecule has 2 heteroatoms. The standard InChI is InChI=1S/C14H30N2/c1-13(7-5-10-15-4)16-11-6-8-14(2,3)9-12-16/h13,15H,5-12H2,1-4H3. The van der Waals surface area contributed by atoms with Crippen molar-refractivity contribution in [1.29, 1.82) is 0 Å². The molecule has 1 saturated heterocycles. The number of likely N-dealkylation sites (tertiary alicyclic amines) is 1. The summed E-state index contributed by atoms with van der Waals surface area (Å²) in [5.74, 6) is 0. The highest BCUT2D eigenvalue weighted by atomic mass is 15.1. The van der Waals surface area contributed by atoms with Crippen LogP contribution in [0, 0.1) is 5.41 Å². The lowest BCUT2D eigenvalue weighted by Gasteiger charge is -2.28. The second-order valence-electron chi connectivity index (χ2n) is 6.15. The van der Waals surface area contributed by atoms with Crippen LogP contribution in [0.15, 0.2) is 0 Å². The maximum Gasteiger partial charge on any atom is 0.00674 e. The topological polar surface area (TPSA) is 15.3 Å². The second kappa shape index (κ2) is 6.61. The summed E-state index contributed by atoms with van der Waals surface area (Å²) in [6, 6.07) is 0.766. The molecule has 1 rings (SSSR count). The molecule has 0 aliphatic carbocycles. The molecule has 2 nitrogen and oxygen atoms in total. The Morgan fingerprint density at radius 1 is 1.25 bits per heavy atom. The first kappa shape index (κ1) is 14.0. The van der Waals surface area contributed by atoms with Gasteiger partial charge in [0.1, 0.15) is 0 Å². The fraction of sp³-hybridized carbons (Fsp3) is 1.00. The van der Waals surface area contributed by atoms with Crippen LogP contribution in [0.3, 0.4) is 0 Å². The van der Waals surface area contributed by atoms with Crippen LogP contribution in [0.1, 0.15) is 52.9 Å². The minimum Gasteiger partial charge on any atom is -0.320 e. The minimum atomic E-state index is 0.569. The maximum atomic E-state index is 3.23. The Morgan fingerprint density at radius 2 is 2.00 bits per heavy atom. The third-order valence-corrected chi connectivity index (χ3v) is 4.05. The number of hydrogen-bond donors (Lipinski definition) is 1. The summed E-state index contributed by atoms with van der Waals surface area (Å²) in [6.45, 7) is 11.0. The van der Waals surface area contributed by atoms with Gasteiger partial charge in [-0.25, -0.2) is 0 Å². The van der Waals surface area contributed by atoms with Crippen molar-refractivity contribution in [3.05, 3.63) is 0 Å². The van der Waals surface area contributed by atoms with E-state index in [1.54, 1.807) is 0 Å². The van der Waals surface area contributed by atoms with Crippen LogP contribution in [0.25, 0.3) is 0 Å². The molecule has 1 fully saturated rings. The van der Waals surface area contributed by atoms with Gasteiger partial charge < -0.3 is 10.2 Å². The van der Waals surface area contributed by atoms with Gasteiger partial charge in [0.05, 0.1) is 0 Å². The van der Waals surface area contributed by atoms with Crippen molar-refractivity contribution < 1.29 is 0 Å². The molecule has 0 aromatic rings.